The Morgan fingerprint density at radius 3 is 2.53 bits per heavy atom. The Hall–Kier alpha value is -1.56. The van der Waals surface area contributed by atoms with Crippen molar-refractivity contribution in [1.29, 1.82) is 0 Å². The third kappa shape index (κ3) is 3.47. The van der Waals surface area contributed by atoms with E-state index < -0.39 is 35.1 Å². The summed E-state index contributed by atoms with van der Waals surface area (Å²) >= 11 is 0. The lowest BCUT2D eigenvalue weighted by Crippen LogP contribution is -2.40. The number of carbonyl (C=O) groups is 1. The molecule has 0 radical (unpaired) electrons. The molecule has 1 aromatic rings. The zero-order valence-corrected chi connectivity index (χ0v) is 10.3. The van der Waals surface area contributed by atoms with Gasteiger partial charge in [0.1, 0.15) is 11.5 Å². The number of benzene rings is 1. The van der Waals surface area contributed by atoms with E-state index in [1.54, 1.807) is 0 Å². The standard InChI is InChI=1S/C13H15F3N2O/c14-8-6-9(15)12(10(16)7-8)18-13(19)11-4-2-1-3-5-17-11/h6-7,11,17H,1-5H2,(H,18,19). The highest BCUT2D eigenvalue weighted by molar-refractivity contribution is 5.95. The van der Waals surface area contributed by atoms with E-state index in [4.69, 9.17) is 0 Å². The van der Waals surface area contributed by atoms with E-state index in [1.165, 1.54) is 0 Å². The molecule has 1 unspecified atom stereocenters. The summed E-state index contributed by atoms with van der Waals surface area (Å²) in [5, 5.41) is 5.21. The third-order valence-corrected chi connectivity index (χ3v) is 3.13. The predicted molar refractivity (Wildman–Crippen MR) is 65.2 cm³/mol. The van der Waals surface area contributed by atoms with Crippen molar-refractivity contribution in [2.24, 2.45) is 0 Å². The molecular formula is C13H15F3N2O. The molecule has 3 nitrogen and oxygen atoms in total. The highest BCUT2D eigenvalue weighted by Crippen LogP contribution is 2.21. The van der Waals surface area contributed by atoms with Gasteiger partial charge < -0.3 is 10.6 Å². The van der Waals surface area contributed by atoms with Crippen molar-refractivity contribution >= 4 is 11.6 Å². The van der Waals surface area contributed by atoms with Crippen LogP contribution >= 0.6 is 0 Å². The first-order chi connectivity index (χ1) is 9.08. The summed E-state index contributed by atoms with van der Waals surface area (Å²) in [6.45, 7) is 0.701. The first-order valence-corrected chi connectivity index (χ1v) is 6.26. The van der Waals surface area contributed by atoms with Crippen LogP contribution in [0.2, 0.25) is 0 Å². The molecule has 1 aromatic carbocycles. The molecule has 1 aliphatic heterocycles. The van der Waals surface area contributed by atoms with E-state index in [-0.39, 0.29) is 0 Å². The maximum atomic E-state index is 13.4. The number of hydrogen-bond acceptors (Lipinski definition) is 2. The van der Waals surface area contributed by atoms with Crippen LogP contribution in [0.1, 0.15) is 25.7 Å². The summed E-state index contributed by atoms with van der Waals surface area (Å²) in [5.41, 5.74) is -0.600. The lowest BCUT2D eigenvalue weighted by molar-refractivity contribution is -0.118. The minimum Gasteiger partial charge on any atom is -0.320 e. The largest absolute Gasteiger partial charge is 0.320 e. The van der Waals surface area contributed by atoms with Gasteiger partial charge in [-0.1, -0.05) is 12.8 Å². The Bertz CT molecular complexity index is 448. The van der Waals surface area contributed by atoms with E-state index in [2.05, 4.69) is 10.6 Å². The molecular weight excluding hydrogens is 257 g/mol. The summed E-state index contributed by atoms with van der Waals surface area (Å²) in [4.78, 5) is 11.9. The van der Waals surface area contributed by atoms with Gasteiger partial charge in [-0.25, -0.2) is 13.2 Å². The van der Waals surface area contributed by atoms with Crippen molar-refractivity contribution in [3.8, 4) is 0 Å². The molecule has 6 heteroatoms. The summed E-state index contributed by atoms with van der Waals surface area (Å²) in [5.74, 6) is -3.73. The van der Waals surface area contributed by atoms with Gasteiger partial charge in [0.25, 0.3) is 0 Å². The van der Waals surface area contributed by atoms with Gasteiger partial charge in [0, 0.05) is 12.1 Å². The van der Waals surface area contributed by atoms with Crippen LogP contribution in [-0.4, -0.2) is 18.5 Å². The van der Waals surface area contributed by atoms with Gasteiger partial charge in [-0.15, -0.1) is 0 Å². The van der Waals surface area contributed by atoms with Crippen LogP contribution in [0, 0.1) is 17.5 Å². The molecule has 1 saturated heterocycles. The van der Waals surface area contributed by atoms with E-state index in [9.17, 15) is 18.0 Å². The zero-order chi connectivity index (χ0) is 13.8. The van der Waals surface area contributed by atoms with Crippen LogP contribution in [-0.2, 0) is 4.79 Å². The molecule has 0 spiro atoms. The molecule has 2 N–H and O–H groups in total. The molecule has 1 amide bonds. The monoisotopic (exact) mass is 272 g/mol. The molecule has 0 aliphatic carbocycles. The zero-order valence-electron chi connectivity index (χ0n) is 10.3. The van der Waals surface area contributed by atoms with Gasteiger partial charge in [-0.3, -0.25) is 4.79 Å². The topological polar surface area (TPSA) is 41.1 Å². The van der Waals surface area contributed by atoms with Crippen molar-refractivity contribution in [2.45, 2.75) is 31.7 Å². The fourth-order valence-corrected chi connectivity index (χ4v) is 2.12. The average molecular weight is 272 g/mol. The number of rotatable bonds is 2. The van der Waals surface area contributed by atoms with Gasteiger partial charge in [0.05, 0.1) is 6.04 Å². The molecule has 2 rings (SSSR count). The van der Waals surface area contributed by atoms with Crippen LogP contribution in [0.3, 0.4) is 0 Å². The molecule has 0 bridgehead atoms. The van der Waals surface area contributed by atoms with Crippen LogP contribution in [0.4, 0.5) is 18.9 Å². The van der Waals surface area contributed by atoms with Crippen molar-refractivity contribution in [2.75, 3.05) is 11.9 Å². The minimum absolute atomic E-state index is 0.466. The normalized spacial score (nSPS) is 19.8. The molecule has 19 heavy (non-hydrogen) atoms. The van der Waals surface area contributed by atoms with Crippen LogP contribution < -0.4 is 10.6 Å². The van der Waals surface area contributed by atoms with Crippen LogP contribution in [0.25, 0.3) is 0 Å². The molecule has 1 fully saturated rings. The quantitative estimate of drug-likeness (QED) is 0.868. The SMILES string of the molecule is O=C(Nc1c(F)cc(F)cc1F)C1CCCCCN1. The minimum atomic E-state index is -1.11. The molecule has 1 atom stereocenters. The molecule has 1 aliphatic rings. The highest BCUT2D eigenvalue weighted by Gasteiger charge is 2.22. The lowest BCUT2D eigenvalue weighted by atomic mass is 10.1. The highest BCUT2D eigenvalue weighted by atomic mass is 19.1. The van der Waals surface area contributed by atoms with E-state index in [1.807, 2.05) is 0 Å². The molecule has 0 aromatic heterocycles. The Balaban J connectivity index is 2.10. The molecule has 104 valence electrons. The summed E-state index contributed by atoms with van der Waals surface area (Å²) in [7, 11) is 0. The molecule has 1 heterocycles. The maximum Gasteiger partial charge on any atom is 0.241 e. The Labute approximate surface area is 109 Å². The van der Waals surface area contributed by atoms with E-state index in [0.717, 1.165) is 19.3 Å². The predicted octanol–water partition coefficient (Wildman–Crippen LogP) is 2.57. The van der Waals surface area contributed by atoms with Crippen LogP contribution in [0.5, 0.6) is 0 Å². The van der Waals surface area contributed by atoms with Crippen molar-refractivity contribution in [3.05, 3.63) is 29.6 Å². The summed E-state index contributed by atoms with van der Waals surface area (Å²) < 4.78 is 39.6. The number of amides is 1. The fraction of sp³-hybridized carbons (Fsp3) is 0.462. The van der Waals surface area contributed by atoms with Gasteiger partial charge in [-0.2, -0.15) is 0 Å². The van der Waals surface area contributed by atoms with Gasteiger partial charge in [0.15, 0.2) is 11.6 Å². The smallest absolute Gasteiger partial charge is 0.241 e. The number of nitrogens with one attached hydrogen (secondary N) is 2. The Morgan fingerprint density at radius 2 is 1.84 bits per heavy atom. The second-order valence-electron chi connectivity index (χ2n) is 4.59. The first-order valence-electron chi connectivity index (χ1n) is 6.26. The Kier molecular flexibility index (Phi) is 4.42. The second kappa shape index (κ2) is 6.06. The fourth-order valence-electron chi connectivity index (χ4n) is 2.12. The lowest BCUT2D eigenvalue weighted by Gasteiger charge is -2.16. The van der Waals surface area contributed by atoms with E-state index in [0.29, 0.717) is 25.1 Å². The van der Waals surface area contributed by atoms with Crippen molar-refractivity contribution in [1.82, 2.24) is 5.32 Å². The van der Waals surface area contributed by atoms with E-state index >= 15 is 0 Å². The summed E-state index contributed by atoms with van der Waals surface area (Å²) in [6.07, 6.45) is 3.51. The average Bonchev–Trinajstić information content (AvgIpc) is 2.62. The number of anilines is 1. The van der Waals surface area contributed by atoms with Gasteiger partial charge >= 0.3 is 0 Å². The maximum absolute atomic E-state index is 13.4. The number of carbonyl (C=O) groups excluding carboxylic acids is 1. The molecule has 0 saturated carbocycles. The van der Waals surface area contributed by atoms with Crippen molar-refractivity contribution in [3.63, 3.8) is 0 Å². The summed E-state index contributed by atoms with van der Waals surface area (Å²) in [6, 6.07) is 0.615. The van der Waals surface area contributed by atoms with Crippen LogP contribution in [0.15, 0.2) is 12.1 Å². The van der Waals surface area contributed by atoms with Crippen molar-refractivity contribution < 1.29 is 18.0 Å². The first kappa shape index (κ1) is 13.9. The third-order valence-electron chi connectivity index (χ3n) is 3.13. The van der Waals surface area contributed by atoms with Gasteiger partial charge in [-0.05, 0) is 19.4 Å². The number of hydrogen-bond donors (Lipinski definition) is 2. The Morgan fingerprint density at radius 1 is 1.16 bits per heavy atom. The van der Waals surface area contributed by atoms with Gasteiger partial charge in [0.2, 0.25) is 5.91 Å². The number of halogens is 3. The second-order valence-corrected chi connectivity index (χ2v) is 4.59.